The van der Waals surface area contributed by atoms with Crippen LogP contribution in [0.15, 0.2) is 22.7 Å². The molecule has 0 atom stereocenters. The van der Waals surface area contributed by atoms with E-state index in [4.69, 9.17) is 15.2 Å². The highest BCUT2D eigenvalue weighted by molar-refractivity contribution is 9.10. The summed E-state index contributed by atoms with van der Waals surface area (Å²) in [6.07, 6.45) is 0.886. The predicted octanol–water partition coefficient (Wildman–Crippen LogP) is 1.98. The Morgan fingerprint density at radius 1 is 1.33 bits per heavy atom. The first kappa shape index (κ1) is 12.5. The number of hydrogen-bond donors (Lipinski definition) is 1. The minimum absolute atomic E-state index is 0.561. The van der Waals surface area contributed by atoms with Crippen molar-refractivity contribution in [2.45, 2.75) is 6.42 Å². The van der Waals surface area contributed by atoms with Gasteiger partial charge in [-0.25, -0.2) is 0 Å². The number of methoxy groups -OCH3 is 1. The summed E-state index contributed by atoms with van der Waals surface area (Å²) in [5.74, 6) is 0.841. The fourth-order valence-electron chi connectivity index (χ4n) is 1.22. The van der Waals surface area contributed by atoms with Gasteiger partial charge in [-0.1, -0.05) is 6.07 Å². The molecule has 0 amide bonds. The molecular weight excluding hydrogens is 258 g/mol. The lowest BCUT2D eigenvalue weighted by atomic mass is 10.1. The van der Waals surface area contributed by atoms with Crippen LogP contribution in [0.2, 0.25) is 0 Å². The normalized spacial score (nSPS) is 10.3. The first-order chi connectivity index (χ1) is 7.27. The smallest absolute Gasteiger partial charge is 0.133 e. The Balaban J connectivity index is 2.58. The van der Waals surface area contributed by atoms with E-state index in [9.17, 15) is 0 Å². The molecule has 4 heteroatoms. The van der Waals surface area contributed by atoms with Gasteiger partial charge in [0, 0.05) is 7.11 Å². The molecule has 0 heterocycles. The SMILES string of the molecule is COCCOc1ccc(CCN)cc1Br. The standard InChI is InChI=1S/C11H16BrNO2/c1-14-6-7-15-11-3-2-9(4-5-13)8-10(11)12/h2-3,8H,4-7,13H2,1H3. The lowest BCUT2D eigenvalue weighted by Crippen LogP contribution is -2.05. The Kier molecular flexibility index (Phi) is 5.68. The van der Waals surface area contributed by atoms with Gasteiger partial charge in [0.25, 0.3) is 0 Å². The van der Waals surface area contributed by atoms with Crippen molar-refractivity contribution >= 4 is 15.9 Å². The van der Waals surface area contributed by atoms with Crippen LogP contribution in [0.4, 0.5) is 0 Å². The average molecular weight is 274 g/mol. The Morgan fingerprint density at radius 3 is 2.73 bits per heavy atom. The van der Waals surface area contributed by atoms with Crippen molar-refractivity contribution in [1.29, 1.82) is 0 Å². The number of ether oxygens (including phenoxy) is 2. The van der Waals surface area contributed by atoms with Crippen molar-refractivity contribution < 1.29 is 9.47 Å². The molecule has 0 bridgehead atoms. The zero-order valence-electron chi connectivity index (χ0n) is 8.83. The van der Waals surface area contributed by atoms with Crippen molar-refractivity contribution in [3.8, 4) is 5.75 Å². The molecule has 1 aromatic carbocycles. The summed E-state index contributed by atoms with van der Waals surface area (Å²) < 4.78 is 11.4. The Hall–Kier alpha value is -0.580. The molecule has 1 aromatic rings. The van der Waals surface area contributed by atoms with Gasteiger partial charge in [0.2, 0.25) is 0 Å². The molecule has 0 unspecified atom stereocenters. The number of nitrogens with two attached hydrogens (primary N) is 1. The van der Waals surface area contributed by atoms with Crippen LogP contribution in [0.5, 0.6) is 5.75 Å². The van der Waals surface area contributed by atoms with E-state index in [1.807, 2.05) is 18.2 Å². The number of rotatable bonds is 6. The fourth-order valence-corrected chi connectivity index (χ4v) is 1.76. The van der Waals surface area contributed by atoms with Gasteiger partial charge >= 0.3 is 0 Å². The maximum absolute atomic E-state index is 5.51. The monoisotopic (exact) mass is 273 g/mol. The number of hydrogen-bond acceptors (Lipinski definition) is 3. The second kappa shape index (κ2) is 6.82. The van der Waals surface area contributed by atoms with Gasteiger partial charge in [-0.15, -0.1) is 0 Å². The second-order valence-corrected chi connectivity index (χ2v) is 4.00. The van der Waals surface area contributed by atoms with Crippen LogP contribution in [-0.2, 0) is 11.2 Å². The van der Waals surface area contributed by atoms with E-state index in [0.717, 1.165) is 16.6 Å². The lowest BCUT2D eigenvalue weighted by molar-refractivity contribution is 0.146. The maximum atomic E-state index is 5.51. The van der Waals surface area contributed by atoms with Gasteiger partial charge in [-0.2, -0.15) is 0 Å². The topological polar surface area (TPSA) is 44.5 Å². The van der Waals surface area contributed by atoms with Crippen molar-refractivity contribution in [1.82, 2.24) is 0 Å². The Bertz CT molecular complexity index is 305. The van der Waals surface area contributed by atoms with Crippen molar-refractivity contribution in [2.75, 3.05) is 26.9 Å². The summed E-state index contributed by atoms with van der Waals surface area (Å²) in [7, 11) is 1.66. The van der Waals surface area contributed by atoms with Crippen LogP contribution in [0.25, 0.3) is 0 Å². The summed E-state index contributed by atoms with van der Waals surface area (Å²) in [4.78, 5) is 0. The predicted molar refractivity (Wildman–Crippen MR) is 64.3 cm³/mol. The van der Waals surface area contributed by atoms with Gasteiger partial charge in [-0.05, 0) is 46.6 Å². The number of benzene rings is 1. The van der Waals surface area contributed by atoms with Crippen LogP contribution in [0.3, 0.4) is 0 Å². The van der Waals surface area contributed by atoms with Crippen molar-refractivity contribution in [2.24, 2.45) is 5.73 Å². The van der Waals surface area contributed by atoms with Gasteiger partial charge in [0.15, 0.2) is 0 Å². The first-order valence-corrected chi connectivity index (χ1v) is 5.67. The highest BCUT2D eigenvalue weighted by atomic mass is 79.9. The highest BCUT2D eigenvalue weighted by Crippen LogP contribution is 2.26. The summed E-state index contributed by atoms with van der Waals surface area (Å²) in [6, 6.07) is 6.01. The Labute approximate surface area is 98.7 Å². The molecule has 3 nitrogen and oxygen atoms in total. The van der Waals surface area contributed by atoms with Crippen LogP contribution < -0.4 is 10.5 Å². The van der Waals surface area contributed by atoms with Crippen LogP contribution in [-0.4, -0.2) is 26.9 Å². The van der Waals surface area contributed by atoms with Crippen LogP contribution in [0.1, 0.15) is 5.56 Å². The van der Waals surface area contributed by atoms with Gasteiger partial charge in [-0.3, -0.25) is 0 Å². The molecule has 0 saturated heterocycles. The van der Waals surface area contributed by atoms with E-state index in [2.05, 4.69) is 15.9 Å². The molecule has 0 aliphatic heterocycles. The van der Waals surface area contributed by atoms with Crippen molar-refractivity contribution in [3.63, 3.8) is 0 Å². The minimum atomic E-state index is 0.561. The molecule has 0 saturated carbocycles. The molecule has 1 rings (SSSR count). The van der Waals surface area contributed by atoms with E-state index >= 15 is 0 Å². The van der Waals surface area contributed by atoms with Gasteiger partial charge in [0.1, 0.15) is 12.4 Å². The Morgan fingerprint density at radius 2 is 2.13 bits per heavy atom. The molecule has 0 aliphatic carbocycles. The van der Waals surface area contributed by atoms with Crippen LogP contribution in [0, 0.1) is 0 Å². The number of halogens is 1. The second-order valence-electron chi connectivity index (χ2n) is 3.14. The molecule has 0 radical (unpaired) electrons. The highest BCUT2D eigenvalue weighted by Gasteiger charge is 2.02. The average Bonchev–Trinajstić information content (AvgIpc) is 2.22. The molecule has 0 aromatic heterocycles. The molecule has 15 heavy (non-hydrogen) atoms. The zero-order valence-corrected chi connectivity index (χ0v) is 10.4. The van der Waals surface area contributed by atoms with E-state index in [1.54, 1.807) is 7.11 Å². The third kappa shape index (κ3) is 4.20. The zero-order chi connectivity index (χ0) is 11.1. The summed E-state index contributed by atoms with van der Waals surface area (Å²) in [6.45, 7) is 1.82. The molecule has 0 spiro atoms. The summed E-state index contributed by atoms with van der Waals surface area (Å²) in [5.41, 5.74) is 6.70. The lowest BCUT2D eigenvalue weighted by Gasteiger charge is -2.08. The van der Waals surface area contributed by atoms with E-state index in [-0.39, 0.29) is 0 Å². The maximum Gasteiger partial charge on any atom is 0.133 e. The van der Waals surface area contributed by atoms with Crippen molar-refractivity contribution in [3.05, 3.63) is 28.2 Å². The summed E-state index contributed by atoms with van der Waals surface area (Å²) in [5, 5.41) is 0. The summed E-state index contributed by atoms with van der Waals surface area (Å²) >= 11 is 3.46. The van der Waals surface area contributed by atoms with E-state index in [0.29, 0.717) is 19.8 Å². The third-order valence-corrected chi connectivity index (χ3v) is 2.59. The van der Waals surface area contributed by atoms with E-state index in [1.165, 1.54) is 5.56 Å². The quantitative estimate of drug-likeness (QED) is 0.807. The largest absolute Gasteiger partial charge is 0.490 e. The van der Waals surface area contributed by atoms with E-state index < -0.39 is 0 Å². The molecule has 0 fully saturated rings. The molecule has 84 valence electrons. The first-order valence-electron chi connectivity index (χ1n) is 4.88. The molecule has 0 aliphatic rings. The minimum Gasteiger partial charge on any atom is -0.490 e. The molecular formula is C11H16BrNO2. The van der Waals surface area contributed by atoms with Gasteiger partial charge < -0.3 is 15.2 Å². The van der Waals surface area contributed by atoms with Gasteiger partial charge in [0.05, 0.1) is 11.1 Å². The molecule has 2 N–H and O–H groups in total. The fraction of sp³-hybridized carbons (Fsp3) is 0.455. The third-order valence-electron chi connectivity index (χ3n) is 1.97. The van der Waals surface area contributed by atoms with Crippen LogP contribution >= 0.6 is 15.9 Å².